The van der Waals surface area contributed by atoms with E-state index in [1.54, 1.807) is 23.0 Å². The second-order valence-corrected chi connectivity index (χ2v) is 7.73. The summed E-state index contributed by atoms with van der Waals surface area (Å²) < 4.78 is 1.71. The van der Waals surface area contributed by atoms with Crippen molar-refractivity contribution in [3.63, 3.8) is 0 Å². The monoisotopic (exact) mass is 438 g/mol. The Balaban J connectivity index is 1.69. The lowest BCUT2D eigenvalue weighted by Crippen LogP contribution is -2.20. The summed E-state index contributed by atoms with van der Waals surface area (Å²) >= 11 is 23.7. The van der Waals surface area contributed by atoms with Gasteiger partial charge >= 0.3 is 0 Å². The smallest absolute Gasteiger partial charge is 0.176 e. The molecule has 0 atom stereocenters. The van der Waals surface area contributed by atoms with Crippen LogP contribution < -0.4 is 10.6 Å². The maximum atomic E-state index is 6.29. The van der Waals surface area contributed by atoms with Gasteiger partial charge in [0.1, 0.15) is 5.02 Å². The van der Waals surface area contributed by atoms with Crippen molar-refractivity contribution in [3.05, 3.63) is 74.4 Å². The number of rotatable bonds is 4. The largest absolute Gasteiger partial charge is 0.332 e. The first-order valence-electron chi connectivity index (χ1n) is 8.14. The number of halogens is 3. The van der Waals surface area contributed by atoms with Gasteiger partial charge in [-0.25, -0.2) is 0 Å². The Labute approximate surface area is 178 Å². The van der Waals surface area contributed by atoms with Crippen molar-refractivity contribution in [1.29, 1.82) is 0 Å². The minimum absolute atomic E-state index is 0.422. The van der Waals surface area contributed by atoms with E-state index in [0.29, 0.717) is 32.5 Å². The minimum Gasteiger partial charge on any atom is -0.332 e. The normalized spacial score (nSPS) is 10.7. The van der Waals surface area contributed by atoms with Crippen molar-refractivity contribution < 1.29 is 0 Å². The predicted molar refractivity (Wildman–Crippen MR) is 119 cm³/mol. The Hall–Kier alpha value is -1.79. The second kappa shape index (κ2) is 8.48. The molecule has 2 aromatic carbocycles. The fourth-order valence-electron chi connectivity index (χ4n) is 2.54. The Morgan fingerprint density at radius 1 is 1.04 bits per heavy atom. The van der Waals surface area contributed by atoms with Crippen LogP contribution in [0.4, 0.5) is 11.5 Å². The van der Waals surface area contributed by atoms with Crippen molar-refractivity contribution in [1.82, 2.24) is 9.78 Å². The van der Waals surface area contributed by atoms with Gasteiger partial charge in [0.2, 0.25) is 0 Å². The highest BCUT2D eigenvalue weighted by atomic mass is 35.5. The van der Waals surface area contributed by atoms with Gasteiger partial charge in [-0.1, -0.05) is 53.0 Å². The molecule has 0 aliphatic carbocycles. The van der Waals surface area contributed by atoms with Crippen LogP contribution in [-0.4, -0.2) is 14.9 Å². The molecule has 0 spiro atoms. The molecule has 0 saturated carbocycles. The fourth-order valence-corrected chi connectivity index (χ4v) is 3.26. The summed E-state index contributed by atoms with van der Waals surface area (Å²) in [5.74, 6) is 0.486. The number of thiocarbonyl (C=S) groups is 1. The number of hydrogen-bond donors (Lipinski definition) is 2. The Bertz CT molecular complexity index is 1000. The molecule has 0 fully saturated rings. The number of benzene rings is 2. The number of nitrogens with one attached hydrogen (secondary N) is 2. The molecule has 1 aromatic heterocycles. The molecule has 0 saturated heterocycles. The highest BCUT2D eigenvalue weighted by molar-refractivity contribution is 7.80. The zero-order valence-electron chi connectivity index (χ0n) is 14.7. The summed E-state index contributed by atoms with van der Waals surface area (Å²) in [5, 5.41) is 12.6. The molecule has 0 aliphatic heterocycles. The maximum Gasteiger partial charge on any atom is 0.176 e. The molecule has 2 N–H and O–H groups in total. The van der Waals surface area contributed by atoms with E-state index in [0.717, 1.165) is 16.8 Å². The Morgan fingerprint density at radius 3 is 2.56 bits per heavy atom. The molecule has 1 heterocycles. The summed E-state index contributed by atoms with van der Waals surface area (Å²) in [5.41, 5.74) is 4.23. The third kappa shape index (κ3) is 4.93. The van der Waals surface area contributed by atoms with Crippen LogP contribution in [0.25, 0.3) is 0 Å². The van der Waals surface area contributed by atoms with E-state index in [1.807, 2.05) is 25.1 Å². The molecular formula is C19H17Cl3N4S. The molecule has 0 bridgehead atoms. The van der Waals surface area contributed by atoms with Gasteiger partial charge in [-0.05, 0) is 61.0 Å². The molecular weight excluding hydrogens is 423 g/mol. The molecule has 27 heavy (non-hydrogen) atoms. The maximum absolute atomic E-state index is 6.29. The molecule has 3 rings (SSSR count). The molecule has 0 amide bonds. The molecule has 0 unspecified atom stereocenters. The Kier molecular flexibility index (Phi) is 6.27. The van der Waals surface area contributed by atoms with Crippen molar-refractivity contribution in [2.75, 3.05) is 10.6 Å². The van der Waals surface area contributed by atoms with Crippen molar-refractivity contribution in [3.8, 4) is 0 Å². The van der Waals surface area contributed by atoms with E-state index in [1.165, 1.54) is 5.56 Å². The van der Waals surface area contributed by atoms with Crippen LogP contribution in [0.5, 0.6) is 0 Å². The fraction of sp³-hybridized carbons (Fsp3) is 0.158. The topological polar surface area (TPSA) is 41.9 Å². The van der Waals surface area contributed by atoms with E-state index in [4.69, 9.17) is 47.0 Å². The van der Waals surface area contributed by atoms with E-state index >= 15 is 0 Å². The zero-order valence-corrected chi connectivity index (χ0v) is 17.8. The van der Waals surface area contributed by atoms with Crippen LogP contribution in [0.2, 0.25) is 15.1 Å². The number of nitrogens with zero attached hydrogens (tertiary/aromatic N) is 2. The van der Waals surface area contributed by atoms with Crippen LogP contribution in [0.3, 0.4) is 0 Å². The van der Waals surface area contributed by atoms with Crippen LogP contribution in [0.1, 0.15) is 16.7 Å². The molecule has 4 nitrogen and oxygen atoms in total. The average Bonchev–Trinajstić information content (AvgIpc) is 2.94. The van der Waals surface area contributed by atoms with Gasteiger partial charge in [-0.3, -0.25) is 4.68 Å². The van der Waals surface area contributed by atoms with Crippen molar-refractivity contribution in [2.45, 2.75) is 20.4 Å². The number of anilines is 2. The first-order valence-corrected chi connectivity index (χ1v) is 9.69. The van der Waals surface area contributed by atoms with E-state index in [9.17, 15) is 0 Å². The highest BCUT2D eigenvalue weighted by Gasteiger charge is 2.11. The van der Waals surface area contributed by atoms with Gasteiger partial charge in [0.25, 0.3) is 0 Å². The lowest BCUT2D eigenvalue weighted by Gasteiger charge is -2.12. The predicted octanol–water partition coefficient (Wildman–Crippen LogP) is 6.32. The van der Waals surface area contributed by atoms with E-state index in [2.05, 4.69) is 28.7 Å². The number of hydrogen-bond acceptors (Lipinski definition) is 2. The minimum atomic E-state index is 0.422. The van der Waals surface area contributed by atoms with Crippen LogP contribution >= 0.6 is 47.0 Å². The standard InChI is InChI=1S/C19H17Cl3N4S/c1-11-4-3-5-17(12(11)2)23-19(27)24-18-16(22)10-26(25-18)9-13-6-7-14(20)15(21)8-13/h3-8,10H,9H2,1-2H3,(H2,23,24,25,27). The second-order valence-electron chi connectivity index (χ2n) is 6.10. The highest BCUT2D eigenvalue weighted by Crippen LogP contribution is 2.25. The Morgan fingerprint density at radius 2 is 1.81 bits per heavy atom. The van der Waals surface area contributed by atoms with Gasteiger partial charge in [0.05, 0.1) is 16.6 Å². The quantitative estimate of drug-likeness (QED) is 0.467. The van der Waals surface area contributed by atoms with Gasteiger partial charge in [-0.2, -0.15) is 5.10 Å². The molecule has 3 aromatic rings. The van der Waals surface area contributed by atoms with Gasteiger partial charge < -0.3 is 10.6 Å². The van der Waals surface area contributed by atoms with E-state index in [-0.39, 0.29) is 0 Å². The zero-order chi connectivity index (χ0) is 19.6. The summed E-state index contributed by atoms with van der Waals surface area (Å²) in [6.07, 6.45) is 1.73. The number of aromatic nitrogens is 2. The van der Waals surface area contributed by atoms with Crippen LogP contribution in [0.15, 0.2) is 42.6 Å². The SMILES string of the molecule is Cc1cccc(NC(=S)Nc2nn(Cc3ccc(Cl)c(Cl)c3)cc2Cl)c1C. The third-order valence-electron chi connectivity index (χ3n) is 4.13. The molecule has 8 heteroatoms. The summed E-state index contributed by atoms with van der Waals surface area (Å²) in [7, 11) is 0. The van der Waals surface area contributed by atoms with Crippen LogP contribution in [-0.2, 0) is 6.54 Å². The number of aryl methyl sites for hydroxylation is 1. The lowest BCUT2D eigenvalue weighted by molar-refractivity contribution is 0.690. The van der Waals surface area contributed by atoms with Gasteiger partial charge in [-0.15, -0.1) is 0 Å². The average molecular weight is 440 g/mol. The first-order chi connectivity index (χ1) is 12.8. The molecule has 140 valence electrons. The van der Waals surface area contributed by atoms with Crippen LogP contribution in [0, 0.1) is 13.8 Å². The molecule has 0 radical (unpaired) electrons. The van der Waals surface area contributed by atoms with Crippen molar-refractivity contribution >= 4 is 63.6 Å². The van der Waals surface area contributed by atoms with Gasteiger partial charge in [0, 0.05) is 11.9 Å². The van der Waals surface area contributed by atoms with Gasteiger partial charge in [0.15, 0.2) is 10.9 Å². The summed E-state index contributed by atoms with van der Waals surface area (Å²) in [6, 6.07) is 11.5. The lowest BCUT2D eigenvalue weighted by atomic mass is 10.1. The summed E-state index contributed by atoms with van der Waals surface area (Å²) in [4.78, 5) is 0. The summed E-state index contributed by atoms with van der Waals surface area (Å²) in [6.45, 7) is 4.60. The van der Waals surface area contributed by atoms with E-state index < -0.39 is 0 Å². The molecule has 0 aliphatic rings. The van der Waals surface area contributed by atoms with Crippen molar-refractivity contribution in [2.24, 2.45) is 0 Å². The first kappa shape index (κ1) is 20.0. The third-order valence-corrected chi connectivity index (χ3v) is 5.35.